The van der Waals surface area contributed by atoms with E-state index in [1.165, 1.54) is 43.0 Å². The van der Waals surface area contributed by atoms with E-state index in [1.807, 2.05) is 0 Å². The minimum absolute atomic E-state index is 0.173. The van der Waals surface area contributed by atoms with Crippen LogP contribution in [0.5, 0.6) is 0 Å². The van der Waals surface area contributed by atoms with Crippen molar-refractivity contribution in [2.45, 2.75) is 67.7 Å². The Labute approximate surface area is 118 Å². The predicted octanol–water partition coefficient (Wildman–Crippen LogP) is 4.29. The first-order valence-electron chi connectivity index (χ1n) is 7.23. The van der Waals surface area contributed by atoms with Crippen molar-refractivity contribution in [2.75, 3.05) is 20.0 Å². The summed E-state index contributed by atoms with van der Waals surface area (Å²) in [7, 11) is 0. The molecule has 0 aromatic heterocycles. The molecule has 0 aliphatic rings. The average molecular weight is 349 g/mol. The fourth-order valence-corrected chi connectivity index (χ4v) is 5.55. The summed E-state index contributed by atoms with van der Waals surface area (Å²) in [6.07, 6.45) is 7.74. The monoisotopic (exact) mass is 350 g/mol. The number of hydrogen-bond donors (Lipinski definition) is 0. The summed E-state index contributed by atoms with van der Waals surface area (Å²) in [6, 6.07) is 0. The van der Waals surface area contributed by atoms with Crippen LogP contribution < -0.4 is 0 Å². The molecule has 0 fully saturated rings. The Morgan fingerprint density at radius 3 is 2.41 bits per heavy atom. The molecule has 0 spiro atoms. The molecule has 0 saturated heterocycles. The van der Waals surface area contributed by atoms with Crippen molar-refractivity contribution in [1.82, 2.24) is 0 Å². The molecular weight excluding hydrogens is 319 g/mol. The maximum absolute atomic E-state index is 5.63. The zero-order valence-electron chi connectivity index (χ0n) is 12.0. The van der Waals surface area contributed by atoms with Gasteiger partial charge in [-0.05, 0) is 0 Å². The molecule has 3 heteroatoms. The maximum atomic E-state index is 5.63. The number of hydrogen-bond acceptors (Lipinski definition) is 2. The van der Waals surface area contributed by atoms with Crippen molar-refractivity contribution in [2.24, 2.45) is 0 Å². The molecule has 0 saturated carbocycles. The van der Waals surface area contributed by atoms with Gasteiger partial charge >= 0.3 is 118 Å². The molecule has 0 rings (SSSR count). The molecule has 1 unspecified atom stereocenters. The van der Waals surface area contributed by atoms with Gasteiger partial charge in [-0.15, -0.1) is 0 Å². The number of unbranched alkanes of at least 4 members (excludes halogenated alkanes) is 3. The van der Waals surface area contributed by atoms with E-state index >= 15 is 0 Å². The Morgan fingerprint density at radius 1 is 0.941 bits per heavy atom. The third-order valence-electron chi connectivity index (χ3n) is 2.76. The van der Waals surface area contributed by atoms with Gasteiger partial charge < -0.3 is 0 Å². The first-order valence-corrected chi connectivity index (χ1v) is 10.9. The molecule has 1 atom stereocenters. The summed E-state index contributed by atoms with van der Waals surface area (Å²) < 4.78 is 13.4. The van der Waals surface area contributed by atoms with Crippen LogP contribution in [0.3, 0.4) is 0 Å². The van der Waals surface area contributed by atoms with Crippen molar-refractivity contribution in [1.29, 1.82) is 0 Å². The first-order chi connectivity index (χ1) is 8.35. The van der Waals surface area contributed by atoms with Gasteiger partial charge in [0.2, 0.25) is 0 Å². The summed E-state index contributed by atoms with van der Waals surface area (Å²) in [5.41, 5.74) is 0. The second kappa shape index (κ2) is 14.8. The molecule has 2 radical (unpaired) electrons. The van der Waals surface area contributed by atoms with Crippen LogP contribution in [0.25, 0.3) is 0 Å². The average Bonchev–Trinajstić information content (AvgIpc) is 2.33. The zero-order valence-corrected chi connectivity index (χ0v) is 14.8. The van der Waals surface area contributed by atoms with Crippen LogP contribution in [0, 0.1) is 0 Å². The number of rotatable bonds is 13. The fraction of sp³-hybridized carbons (Fsp3) is 1.00. The summed E-state index contributed by atoms with van der Waals surface area (Å²) in [5, 5.41) is 0. The minimum atomic E-state index is -0.173. The van der Waals surface area contributed by atoms with Crippen molar-refractivity contribution in [3.63, 3.8) is 0 Å². The Morgan fingerprint density at radius 2 is 1.76 bits per heavy atom. The molecule has 0 aromatic rings. The first kappa shape index (κ1) is 17.7. The van der Waals surface area contributed by atoms with Gasteiger partial charge in [-0.25, -0.2) is 0 Å². The van der Waals surface area contributed by atoms with Crippen LogP contribution in [-0.4, -0.2) is 41.1 Å². The Hall–Kier alpha value is 0.719. The van der Waals surface area contributed by atoms with E-state index in [0.29, 0.717) is 6.79 Å². The van der Waals surface area contributed by atoms with Crippen LogP contribution in [0.1, 0.15) is 59.3 Å². The summed E-state index contributed by atoms with van der Waals surface area (Å²) >= 11 is -0.173. The van der Waals surface area contributed by atoms with Gasteiger partial charge in [0.1, 0.15) is 0 Å². The van der Waals surface area contributed by atoms with Crippen molar-refractivity contribution in [3.05, 3.63) is 0 Å². The molecule has 0 heterocycles. The van der Waals surface area contributed by atoms with Gasteiger partial charge in [-0.1, -0.05) is 0 Å². The molecule has 2 nitrogen and oxygen atoms in total. The molecule has 17 heavy (non-hydrogen) atoms. The standard InChI is InChI=1S/C12H25O2.C2H5.Sn/c1-3-5-7-9-11-14-12-13-10-8-6-4-2;1-2;/h8H,3-7,9-12H2,1-2H3;1H2,2H3;. The second-order valence-corrected chi connectivity index (χ2v) is 10.0. The summed E-state index contributed by atoms with van der Waals surface area (Å²) in [4.78, 5) is 0. The van der Waals surface area contributed by atoms with Gasteiger partial charge in [-0.2, -0.15) is 0 Å². The van der Waals surface area contributed by atoms with Crippen LogP contribution in [0.4, 0.5) is 0 Å². The predicted molar refractivity (Wildman–Crippen MR) is 75.8 cm³/mol. The number of ether oxygens (including phenoxy) is 2. The van der Waals surface area contributed by atoms with E-state index in [2.05, 4.69) is 20.8 Å². The third-order valence-corrected chi connectivity index (χ3v) is 6.87. The van der Waals surface area contributed by atoms with Gasteiger partial charge in [0.25, 0.3) is 0 Å². The molecule has 0 N–H and O–H groups in total. The van der Waals surface area contributed by atoms with Crippen LogP contribution in [-0.2, 0) is 9.47 Å². The molecule has 0 amide bonds. The van der Waals surface area contributed by atoms with Gasteiger partial charge in [0.05, 0.1) is 0 Å². The Bertz CT molecular complexity index is 136. The van der Waals surface area contributed by atoms with E-state index < -0.39 is 0 Å². The summed E-state index contributed by atoms with van der Waals surface area (Å²) in [6.45, 7) is 9.15. The van der Waals surface area contributed by atoms with Crippen LogP contribution in [0.15, 0.2) is 0 Å². The van der Waals surface area contributed by atoms with E-state index in [-0.39, 0.29) is 21.1 Å². The topological polar surface area (TPSA) is 18.5 Å². The molecule has 102 valence electrons. The van der Waals surface area contributed by atoms with Crippen molar-refractivity contribution < 1.29 is 9.47 Å². The Kier molecular flexibility index (Phi) is 15.4. The Balaban J connectivity index is 3.23. The molecule has 0 aliphatic heterocycles. The zero-order chi connectivity index (χ0) is 12.8. The van der Waals surface area contributed by atoms with E-state index in [4.69, 9.17) is 9.47 Å². The summed E-state index contributed by atoms with van der Waals surface area (Å²) in [5.74, 6) is 0. The van der Waals surface area contributed by atoms with Gasteiger partial charge in [0, 0.05) is 0 Å². The third kappa shape index (κ3) is 13.0. The molecule has 0 bridgehead atoms. The van der Waals surface area contributed by atoms with Crippen molar-refractivity contribution in [3.8, 4) is 0 Å². The van der Waals surface area contributed by atoms with E-state index in [1.54, 1.807) is 0 Å². The van der Waals surface area contributed by atoms with E-state index in [9.17, 15) is 0 Å². The fourth-order valence-electron chi connectivity index (χ4n) is 1.82. The normalized spacial score (nSPS) is 12.9. The molecular formula is C14H30O2Sn. The van der Waals surface area contributed by atoms with Crippen LogP contribution in [0.2, 0.25) is 8.37 Å². The van der Waals surface area contributed by atoms with Crippen LogP contribution >= 0.6 is 0 Å². The quantitative estimate of drug-likeness (QED) is 0.281. The van der Waals surface area contributed by atoms with Gasteiger partial charge in [0.15, 0.2) is 0 Å². The van der Waals surface area contributed by atoms with E-state index in [0.717, 1.165) is 17.1 Å². The van der Waals surface area contributed by atoms with Crippen molar-refractivity contribution >= 4 is 21.1 Å². The SMILES string of the molecule is CCCCCCOCOC[CH](CCC)[Sn][CH2]C. The van der Waals surface area contributed by atoms with Gasteiger partial charge in [-0.3, -0.25) is 0 Å². The molecule has 0 aromatic carbocycles. The molecule has 0 aliphatic carbocycles. The second-order valence-electron chi connectivity index (χ2n) is 4.50.